The SMILES string of the molecule is CCNC(CSc1nnc(C)s1)c1ccccc1C. The van der Waals surface area contributed by atoms with Gasteiger partial charge in [-0.05, 0) is 31.5 Å². The van der Waals surface area contributed by atoms with E-state index in [2.05, 4.69) is 53.6 Å². The van der Waals surface area contributed by atoms with Crippen LogP contribution in [0.3, 0.4) is 0 Å². The number of rotatable bonds is 6. The second-order valence-corrected chi connectivity index (χ2v) is 6.81. The van der Waals surface area contributed by atoms with Gasteiger partial charge in [-0.3, -0.25) is 0 Å². The van der Waals surface area contributed by atoms with E-state index in [0.717, 1.165) is 21.6 Å². The first-order chi connectivity index (χ1) is 9.20. The highest BCUT2D eigenvalue weighted by molar-refractivity contribution is 8.01. The number of hydrogen-bond acceptors (Lipinski definition) is 5. The van der Waals surface area contributed by atoms with Crippen molar-refractivity contribution < 1.29 is 0 Å². The van der Waals surface area contributed by atoms with Crippen LogP contribution in [0, 0.1) is 13.8 Å². The molecule has 102 valence electrons. The highest BCUT2D eigenvalue weighted by Crippen LogP contribution is 2.28. The molecular weight excluding hydrogens is 274 g/mol. The van der Waals surface area contributed by atoms with E-state index in [1.807, 2.05) is 6.92 Å². The van der Waals surface area contributed by atoms with Crippen LogP contribution < -0.4 is 5.32 Å². The van der Waals surface area contributed by atoms with Gasteiger partial charge < -0.3 is 5.32 Å². The van der Waals surface area contributed by atoms with Crippen LogP contribution in [0.15, 0.2) is 28.6 Å². The summed E-state index contributed by atoms with van der Waals surface area (Å²) in [4.78, 5) is 0. The van der Waals surface area contributed by atoms with E-state index in [1.165, 1.54) is 11.1 Å². The molecule has 1 aromatic carbocycles. The van der Waals surface area contributed by atoms with Crippen molar-refractivity contribution in [3.05, 3.63) is 40.4 Å². The van der Waals surface area contributed by atoms with E-state index in [4.69, 9.17) is 0 Å². The first-order valence-electron chi connectivity index (χ1n) is 6.42. The first kappa shape index (κ1) is 14.5. The second-order valence-electron chi connectivity index (χ2n) is 4.36. The lowest BCUT2D eigenvalue weighted by molar-refractivity contribution is 0.603. The Bertz CT molecular complexity index is 525. The molecule has 1 N–H and O–H groups in total. The molecule has 2 rings (SSSR count). The molecule has 0 radical (unpaired) electrons. The number of aryl methyl sites for hydroxylation is 2. The van der Waals surface area contributed by atoms with E-state index in [1.54, 1.807) is 23.1 Å². The Hall–Kier alpha value is -0.910. The van der Waals surface area contributed by atoms with Crippen molar-refractivity contribution in [1.29, 1.82) is 0 Å². The molecule has 0 aliphatic rings. The minimum atomic E-state index is 0.361. The molecule has 1 atom stereocenters. The second kappa shape index (κ2) is 7.03. The van der Waals surface area contributed by atoms with Gasteiger partial charge in [-0.25, -0.2) is 0 Å². The molecule has 5 heteroatoms. The average molecular weight is 293 g/mol. The first-order valence-corrected chi connectivity index (χ1v) is 8.22. The van der Waals surface area contributed by atoms with Crippen molar-refractivity contribution in [1.82, 2.24) is 15.5 Å². The number of hydrogen-bond donors (Lipinski definition) is 1. The van der Waals surface area contributed by atoms with E-state index in [9.17, 15) is 0 Å². The molecule has 0 fully saturated rings. The summed E-state index contributed by atoms with van der Waals surface area (Å²) in [5.74, 6) is 0.979. The van der Waals surface area contributed by atoms with Crippen molar-refractivity contribution in [2.24, 2.45) is 0 Å². The van der Waals surface area contributed by atoms with Crippen molar-refractivity contribution in [2.75, 3.05) is 12.3 Å². The summed E-state index contributed by atoms with van der Waals surface area (Å²) in [5, 5.41) is 12.8. The van der Waals surface area contributed by atoms with E-state index in [-0.39, 0.29) is 0 Å². The molecule has 1 unspecified atom stereocenters. The van der Waals surface area contributed by atoms with E-state index >= 15 is 0 Å². The molecule has 1 heterocycles. The molecule has 3 nitrogen and oxygen atoms in total. The fraction of sp³-hybridized carbons (Fsp3) is 0.429. The maximum atomic E-state index is 4.17. The molecule has 19 heavy (non-hydrogen) atoms. The van der Waals surface area contributed by atoms with Gasteiger partial charge in [0.2, 0.25) is 0 Å². The largest absolute Gasteiger partial charge is 0.309 e. The number of nitrogens with one attached hydrogen (secondary N) is 1. The molecule has 2 aromatic rings. The predicted octanol–water partition coefficient (Wildman–Crippen LogP) is 3.60. The highest BCUT2D eigenvalue weighted by Gasteiger charge is 2.14. The van der Waals surface area contributed by atoms with Crippen LogP contribution in [0.4, 0.5) is 0 Å². The van der Waals surface area contributed by atoms with Crippen LogP contribution in [0.5, 0.6) is 0 Å². The zero-order valence-electron chi connectivity index (χ0n) is 11.5. The van der Waals surface area contributed by atoms with Crippen LogP contribution in [-0.4, -0.2) is 22.5 Å². The third-order valence-electron chi connectivity index (χ3n) is 2.90. The Morgan fingerprint density at radius 2 is 2.05 bits per heavy atom. The molecule has 0 bridgehead atoms. The number of benzene rings is 1. The smallest absolute Gasteiger partial charge is 0.174 e. The molecule has 0 aliphatic carbocycles. The zero-order valence-corrected chi connectivity index (χ0v) is 13.1. The summed E-state index contributed by atoms with van der Waals surface area (Å²) in [6.07, 6.45) is 0. The summed E-state index contributed by atoms with van der Waals surface area (Å²) in [7, 11) is 0. The van der Waals surface area contributed by atoms with Crippen LogP contribution >= 0.6 is 23.1 Å². The van der Waals surface area contributed by atoms with Gasteiger partial charge in [0.1, 0.15) is 5.01 Å². The Balaban J connectivity index is 2.06. The van der Waals surface area contributed by atoms with Crippen molar-refractivity contribution in [3.63, 3.8) is 0 Å². The van der Waals surface area contributed by atoms with Gasteiger partial charge in [0, 0.05) is 11.8 Å². The number of nitrogens with zero attached hydrogens (tertiary/aromatic N) is 2. The summed E-state index contributed by atoms with van der Waals surface area (Å²) < 4.78 is 1.05. The van der Waals surface area contributed by atoms with Gasteiger partial charge in [0.25, 0.3) is 0 Å². The minimum Gasteiger partial charge on any atom is -0.309 e. The van der Waals surface area contributed by atoms with Gasteiger partial charge in [-0.1, -0.05) is 54.3 Å². The fourth-order valence-corrected chi connectivity index (χ4v) is 3.90. The molecule has 0 aliphatic heterocycles. The van der Waals surface area contributed by atoms with E-state index < -0.39 is 0 Å². The summed E-state index contributed by atoms with van der Waals surface area (Å²) in [6, 6.07) is 8.92. The van der Waals surface area contributed by atoms with E-state index in [0.29, 0.717) is 6.04 Å². The normalized spacial score (nSPS) is 12.6. The van der Waals surface area contributed by atoms with Crippen LogP contribution in [0.2, 0.25) is 0 Å². The number of aromatic nitrogens is 2. The molecule has 0 saturated carbocycles. The minimum absolute atomic E-state index is 0.361. The van der Waals surface area contributed by atoms with Crippen LogP contribution in [0.1, 0.15) is 29.1 Å². The Morgan fingerprint density at radius 3 is 2.68 bits per heavy atom. The van der Waals surface area contributed by atoms with Crippen molar-refractivity contribution in [2.45, 2.75) is 31.2 Å². The molecule has 0 amide bonds. The van der Waals surface area contributed by atoms with Gasteiger partial charge in [0.15, 0.2) is 4.34 Å². The highest BCUT2D eigenvalue weighted by atomic mass is 32.2. The lowest BCUT2D eigenvalue weighted by Crippen LogP contribution is -2.23. The maximum Gasteiger partial charge on any atom is 0.174 e. The Labute approximate surface area is 122 Å². The molecular formula is C14H19N3S2. The quantitative estimate of drug-likeness (QED) is 0.826. The fourth-order valence-electron chi connectivity index (χ4n) is 1.97. The summed E-state index contributed by atoms with van der Waals surface area (Å²) >= 11 is 3.44. The van der Waals surface area contributed by atoms with Crippen molar-refractivity contribution >= 4 is 23.1 Å². The zero-order chi connectivity index (χ0) is 13.7. The summed E-state index contributed by atoms with van der Waals surface area (Å²) in [5.41, 5.74) is 2.71. The van der Waals surface area contributed by atoms with Gasteiger partial charge in [-0.2, -0.15) is 0 Å². The van der Waals surface area contributed by atoms with Gasteiger partial charge in [-0.15, -0.1) is 10.2 Å². The van der Waals surface area contributed by atoms with Gasteiger partial charge in [0.05, 0.1) is 0 Å². The average Bonchev–Trinajstić information content (AvgIpc) is 2.81. The van der Waals surface area contributed by atoms with Crippen molar-refractivity contribution in [3.8, 4) is 0 Å². The predicted molar refractivity (Wildman–Crippen MR) is 83.0 cm³/mol. The Morgan fingerprint density at radius 1 is 1.26 bits per heavy atom. The monoisotopic (exact) mass is 293 g/mol. The van der Waals surface area contributed by atoms with Gasteiger partial charge >= 0.3 is 0 Å². The van der Waals surface area contributed by atoms with Crippen LogP contribution in [0.25, 0.3) is 0 Å². The number of thioether (sulfide) groups is 1. The standard InChI is InChI=1S/C14H19N3S2/c1-4-15-13(12-8-6-5-7-10(12)2)9-18-14-17-16-11(3)19-14/h5-8,13,15H,4,9H2,1-3H3. The third-order valence-corrected chi connectivity index (χ3v) is 4.96. The Kier molecular flexibility index (Phi) is 5.36. The molecule has 1 aromatic heterocycles. The lowest BCUT2D eigenvalue weighted by atomic mass is 10.0. The maximum absolute atomic E-state index is 4.17. The van der Waals surface area contributed by atoms with Crippen LogP contribution in [-0.2, 0) is 0 Å². The topological polar surface area (TPSA) is 37.8 Å². The summed E-state index contributed by atoms with van der Waals surface area (Å²) in [6.45, 7) is 7.27. The molecule has 0 saturated heterocycles. The lowest BCUT2D eigenvalue weighted by Gasteiger charge is -2.19. The third kappa shape index (κ3) is 4.03. The molecule has 0 spiro atoms.